The number of carbonyl (C=O) groups is 2. The Morgan fingerprint density at radius 3 is 2.34 bits per heavy atom. The lowest BCUT2D eigenvalue weighted by Gasteiger charge is -2.21. The van der Waals surface area contributed by atoms with Crippen LogP contribution in [0.1, 0.15) is 31.1 Å². The first-order chi connectivity index (χ1) is 19.4. The summed E-state index contributed by atoms with van der Waals surface area (Å²) in [6.45, 7) is 13.7. The molecule has 0 aliphatic carbocycles. The molecule has 0 saturated carbocycles. The van der Waals surface area contributed by atoms with E-state index in [1.54, 1.807) is 13.0 Å². The second-order valence-corrected chi connectivity index (χ2v) is 17.8. The zero-order valence-electron chi connectivity index (χ0n) is 24.8. The van der Waals surface area contributed by atoms with E-state index in [-0.39, 0.29) is 5.78 Å². The number of hydrogen-bond acceptors (Lipinski definition) is 6. The molecule has 2 aromatic heterocycles. The van der Waals surface area contributed by atoms with E-state index in [2.05, 4.69) is 19.6 Å². The maximum absolute atomic E-state index is 11.8. The number of nitrogens with zero attached hydrogens (tertiary/aromatic N) is 3. The summed E-state index contributed by atoms with van der Waals surface area (Å²) < 4.78 is 13.9. The summed E-state index contributed by atoms with van der Waals surface area (Å²) in [6, 6.07) is 20.2. The maximum Gasteiger partial charge on any atom is 0.150 e. The van der Waals surface area contributed by atoms with Crippen LogP contribution >= 0.6 is 0 Å². The van der Waals surface area contributed by atoms with Gasteiger partial charge in [0.1, 0.15) is 37.0 Å². The molecule has 0 saturated heterocycles. The predicted molar refractivity (Wildman–Crippen MR) is 166 cm³/mol. The van der Waals surface area contributed by atoms with Crippen molar-refractivity contribution in [3.05, 3.63) is 78.6 Å². The number of hydrogen-bond donors (Lipinski definition) is 0. The lowest BCUT2D eigenvalue weighted by molar-refractivity contribution is -0.126. The van der Waals surface area contributed by atoms with Crippen LogP contribution in [-0.2, 0) is 16.3 Å². The number of aldehydes is 1. The zero-order valence-corrected chi connectivity index (χ0v) is 25.8. The third-order valence-electron chi connectivity index (χ3n) is 7.05. The van der Waals surface area contributed by atoms with E-state index in [1.165, 1.54) is 0 Å². The van der Waals surface area contributed by atoms with Crippen LogP contribution in [0.3, 0.4) is 0 Å². The first-order valence-corrected chi connectivity index (χ1v) is 17.6. The van der Waals surface area contributed by atoms with Gasteiger partial charge in [0, 0.05) is 49.3 Å². The Hall–Kier alpha value is -3.88. The predicted octanol–water partition coefficient (Wildman–Crippen LogP) is 7.40. The first kappa shape index (κ1) is 30.1. The van der Waals surface area contributed by atoms with Crippen LogP contribution in [-0.4, -0.2) is 47.9 Å². The molecule has 7 nitrogen and oxygen atoms in total. The molecule has 4 aromatic rings. The third kappa shape index (κ3) is 8.08. The minimum Gasteiger partial charge on any atom is -0.493 e. The van der Waals surface area contributed by atoms with Gasteiger partial charge in [-0.1, -0.05) is 37.8 Å². The summed E-state index contributed by atoms with van der Waals surface area (Å²) in [5.41, 5.74) is 4.37. The molecule has 0 aliphatic rings. The Kier molecular flexibility index (Phi) is 9.35. The summed E-state index contributed by atoms with van der Waals surface area (Å²) in [4.78, 5) is 32.7. The van der Waals surface area contributed by atoms with Crippen LogP contribution in [0.25, 0.3) is 33.9 Å². The number of carbonyl (C=O) groups excluding carboxylic acids is 2. The van der Waals surface area contributed by atoms with Crippen LogP contribution in [0, 0.1) is 5.41 Å². The van der Waals surface area contributed by atoms with Crippen molar-refractivity contribution in [2.75, 3.05) is 13.2 Å². The molecule has 0 amide bonds. The van der Waals surface area contributed by atoms with Gasteiger partial charge in [-0.3, -0.25) is 14.6 Å². The molecular weight excluding hydrogens is 530 g/mol. The van der Waals surface area contributed by atoms with Crippen LogP contribution in [0.4, 0.5) is 0 Å². The molecule has 8 heteroatoms. The molecule has 0 bridgehead atoms. The molecule has 214 valence electrons. The molecule has 0 fully saturated rings. The summed E-state index contributed by atoms with van der Waals surface area (Å²) in [5.74, 6) is 1.56. The minimum absolute atomic E-state index is 0.0961. The van der Waals surface area contributed by atoms with Gasteiger partial charge < -0.3 is 14.0 Å². The highest BCUT2D eigenvalue weighted by Gasteiger charge is 2.24. The highest BCUT2D eigenvalue weighted by atomic mass is 28.3. The highest BCUT2D eigenvalue weighted by Crippen LogP contribution is 2.28. The lowest BCUT2D eigenvalue weighted by Crippen LogP contribution is -2.28. The van der Waals surface area contributed by atoms with E-state index in [0.29, 0.717) is 31.3 Å². The second-order valence-electron chi connectivity index (χ2n) is 12.2. The van der Waals surface area contributed by atoms with Gasteiger partial charge >= 0.3 is 0 Å². The van der Waals surface area contributed by atoms with Crippen molar-refractivity contribution in [2.24, 2.45) is 5.41 Å². The van der Waals surface area contributed by atoms with Gasteiger partial charge in [0.05, 0.1) is 16.8 Å². The number of ether oxygens (including phenoxy) is 2. The van der Waals surface area contributed by atoms with Gasteiger partial charge in [-0.25, -0.2) is 4.98 Å². The molecule has 0 N–H and O–H groups in total. The Labute approximate surface area is 243 Å². The average molecular weight is 570 g/mol. The molecular formula is C33H39N3O4Si. The molecule has 0 unspecified atom stereocenters. The van der Waals surface area contributed by atoms with E-state index in [1.807, 2.05) is 85.4 Å². The van der Waals surface area contributed by atoms with E-state index in [4.69, 9.17) is 19.4 Å². The van der Waals surface area contributed by atoms with Gasteiger partial charge in [-0.05, 0) is 69.3 Å². The summed E-state index contributed by atoms with van der Waals surface area (Å²) in [7, 11) is -1.21. The topological polar surface area (TPSA) is 83.3 Å². The van der Waals surface area contributed by atoms with Crippen molar-refractivity contribution in [2.45, 2.75) is 53.2 Å². The lowest BCUT2D eigenvalue weighted by atomic mass is 9.90. The fraction of sp³-hybridized carbons (Fsp3) is 0.333. The number of imidazole rings is 1. The third-order valence-corrected chi connectivity index (χ3v) is 8.75. The van der Waals surface area contributed by atoms with Gasteiger partial charge in [0.2, 0.25) is 0 Å². The van der Waals surface area contributed by atoms with Gasteiger partial charge in [-0.2, -0.15) is 0 Å². The van der Waals surface area contributed by atoms with E-state index >= 15 is 0 Å². The monoisotopic (exact) mass is 569 g/mol. The van der Waals surface area contributed by atoms with Crippen molar-refractivity contribution >= 4 is 20.1 Å². The van der Waals surface area contributed by atoms with Gasteiger partial charge in [0.15, 0.2) is 0 Å². The molecule has 0 radical (unpaired) electrons. The molecule has 4 rings (SSSR count). The van der Waals surface area contributed by atoms with Crippen molar-refractivity contribution in [1.82, 2.24) is 14.5 Å². The van der Waals surface area contributed by atoms with E-state index < -0.39 is 13.5 Å². The zero-order chi connectivity index (χ0) is 29.6. The normalized spacial score (nSPS) is 11.9. The Bertz CT molecular complexity index is 1490. The number of benzene rings is 2. The molecule has 2 heterocycles. The highest BCUT2D eigenvalue weighted by molar-refractivity contribution is 6.76. The smallest absolute Gasteiger partial charge is 0.150 e. The second kappa shape index (κ2) is 12.7. The van der Waals surface area contributed by atoms with Crippen molar-refractivity contribution in [3.8, 4) is 39.7 Å². The van der Waals surface area contributed by atoms with Crippen LogP contribution in [0.2, 0.25) is 25.7 Å². The number of aromatic nitrogens is 3. The Morgan fingerprint density at radius 1 is 0.976 bits per heavy atom. The summed E-state index contributed by atoms with van der Waals surface area (Å²) in [6.07, 6.45) is 4.63. The molecule has 0 atom stereocenters. The average Bonchev–Trinajstić information content (AvgIpc) is 3.38. The molecule has 0 aliphatic heterocycles. The molecule has 41 heavy (non-hydrogen) atoms. The minimum atomic E-state index is -1.21. The fourth-order valence-corrected chi connectivity index (χ4v) is 4.74. The standard InChI is InChI=1S/C33H39N3O4Si/c1-24(38)33(2,3)22-40-29-13-10-26(11-14-29)30-15-12-28(19-34-30)32-35-31(27-9-7-8-25(18-27)21-37)20-36(32)23-39-16-17-41(4,5)6/h7-15,18-21H,16-17,22-23H2,1-6H3. The number of Topliss-reactive ketones (excluding diaryl/α,β-unsaturated/α-hetero) is 1. The van der Waals surface area contributed by atoms with Crippen LogP contribution in [0.5, 0.6) is 5.75 Å². The number of pyridine rings is 1. The van der Waals surface area contributed by atoms with E-state index in [0.717, 1.165) is 46.2 Å². The van der Waals surface area contributed by atoms with Crippen molar-refractivity contribution in [1.29, 1.82) is 0 Å². The van der Waals surface area contributed by atoms with Gasteiger partial charge in [0.25, 0.3) is 0 Å². The number of ketones is 1. The quantitative estimate of drug-likeness (QED) is 0.0948. The summed E-state index contributed by atoms with van der Waals surface area (Å²) in [5, 5.41) is 0. The van der Waals surface area contributed by atoms with E-state index in [9.17, 15) is 9.59 Å². The van der Waals surface area contributed by atoms with Crippen molar-refractivity contribution < 1.29 is 19.1 Å². The van der Waals surface area contributed by atoms with Gasteiger partial charge in [-0.15, -0.1) is 0 Å². The largest absolute Gasteiger partial charge is 0.493 e. The maximum atomic E-state index is 11.8. The fourth-order valence-electron chi connectivity index (χ4n) is 3.98. The Morgan fingerprint density at radius 2 is 1.71 bits per heavy atom. The van der Waals surface area contributed by atoms with Crippen molar-refractivity contribution in [3.63, 3.8) is 0 Å². The number of rotatable bonds is 13. The SMILES string of the molecule is CC(=O)C(C)(C)COc1ccc(-c2ccc(-c3nc(-c4cccc(C=O)c4)cn3COCC[Si](C)(C)C)cn2)cc1. The van der Waals surface area contributed by atoms with Crippen LogP contribution in [0.15, 0.2) is 73.1 Å². The molecule has 2 aromatic carbocycles. The summed E-state index contributed by atoms with van der Waals surface area (Å²) >= 11 is 0. The molecule has 0 spiro atoms. The van der Waals surface area contributed by atoms with Crippen LogP contribution < -0.4 is 4.74 Å². The first-order valence-electron chi connectivity index (χ1n) is 13.9. The Balaban J connectivity index is 1.54.